The molecule has 1 fully saturated rings. The van der Waals surface area contributed by atoms with Gasteiger partial charge in [-0.15, -0.1) is 0 Å². The summed E-state index contributed by atoms with van der Waals surface area (Å²) in [6.45, 7) is 6.04. The molecule has 0 radical (unpaired) electrons. The minimum Gasteiger partial charge on any atom is -0.398 e. The zero-order valence-corrected chi connectivity index (χ0v) is 11.0. The average molecular weight is 248 g/mol. The SMILES string of the molecule is Cc1ccc(C(=O)N2CCCOC(C)C2)c(N)c1. The molecule has 1 aliphatic rings. The monoisotopic (exact) mass is 248 g/mol. The molecule has 1 amide bonds. The lowest BCUT2D eigenvalue weighted by Gasteiger charge is -2.23. The summed E-state index contributed by atoms with van der Waals surface area (Å²) in [5, 5.41) is 0. The van der Waals surface area contributed by atoms with Gasteiger partial charge in [0.15, 0.2) is 0 Å². The summed E-state index contributed by atoms with van der Waals surface area (Å²) in [4.78, 5) is 14.3. The smallest absolute Gasteiger partial charge is 0.256 e. The number of hydrogen-bond acceptors (Lipinski definition) is 3. The Morgan fingerprint density at radius 1 is 1.50 bits per heavy atom. The predicted molar refractivity (Wildman–Crippen MR) is 71.5 cm³/mol. The van der Waals surface area contributed by atoms with E-state index in [0.29, 0.717) is 24.4 Å². The molecule has 0 aliphatic carbocycles. The van der Waals surface area contributed by atoms with E-state index in [1.54, 1.807) is 0 Å². The molecule has 0 aromatic heterocycles. The van der Waals surface area contributed by atoms with Crippen LogP contribution in [0.15, 0.2) is 18.2 Å². The fourth-order valence-electron chi connectivity index (χ4n) is 2.23. The van der Waals surface area contributed by atoms with E-state index in [1.807, 2.05) is 36.9 Å². The fourth-order valence-corrected chi connectivity index (χ4v) is 2.23. The van der Waals surface area contributed by atoms with Crippen molar-refractivity contribution in [3.63, 3.8) is 0 Å². The third-order valence-corrected chi connectivity index (χ3v) is 3.18. The molecule has 1 aromatic carbocycles. The van der Waals surface area contributed by atoms with E-state index in [9.17, 15) is 4.79 Å². The van der Waals surface area contributed by atoms with Crippen LogP contribution >= 0.6 is 0 Å². The van der Waals surface area contributed by atoms with Gasteiger partial charge in [-0.2, -0.15) is 0 Å². The molecular formula is C14H20N2O2. The number of nitrogen functional groups attached to an aromatic ring is 1. The van der Waals surface area contributed by atoms with Crippen molar-refractivity contribution in [1.29, 1.82) is 0 Å². The van der Waals surface area contributed by atoms with Crippen molar-refractivity contribution in [2.24, 2.45) is 0 Å². The number of benzene rings is 1. The van der Waals surface area contributed by atoms with Gasteiger partial charge in [0.05, 0.1) is 11.7 Å². The minimum absolute atomic E-state index is 0.00449. The zero-order chi connectivity index (χ0) is 13.1. The topological polar surface area (TPSA) is 55.6 Å². The van der Waals surface area contributed by atoms with E-state index >= 15 is 0 Å². The maximum atomic E-state index is 12.4. The van der Waals surface area contributed by atoms with Gasteiger partial charge < -0.3 is 15.4 Å². The number of ether oxygens (including phenoxy) is 1. The first-order chi connectivity index (χ1) is 8.58. The van der Waals surface area contributed by atoms with Gasteiger partial charge >= 0.3 is 0 Å². The Bertz CT molecular complexity index is 445. The Kier molecular flexibility index (Phi) is 3.87. The largest absolute Gasteiger partial charge is 0.398 e. The molecular weight excluding hydrogens is 228 g/mol. The summed E-state index contributed by atoms with van der Waals surface area (Å²) in [5.74, 6) is 0.00449. The number of carbonyl (C=O) groups is 1. The van der Waals surface area contributed by atoms with Crippen LogP contribution in [0, 0.1) is 6.92 Å². The third-order valence-electron chi connectivity index (χ3n) is 3.18. The normalized spacial score (nSPS) is 20.6. The van der Waals surface area contributed by atoms with E-state index in [1.165, 1.54) is 0 Å². The van der Waals surface area contributed by atoms with Crippen molar-refractivity contribution in [1.82, 2.24) is 4.90 Å². The highest BCUT2D eigenvalue weighted by atomic mass is 16.5. The molecule has 1 saturated heterocycles. The van der Waals surface area contributed by atoms with Crippen molar-refractivity contribution in [2.75, 3.05) is 25.4 Å². The summed E-state index contributed by atoms with van der Waals surface area (Å²) >= 11 is 0. The molecule has 1 atom stereocenters. The first-order valence-electron chi connectivity index (χ1n) is 6.35. The summed E-state index contributed by atoms with van der Waals surface area (Å²) in [5.41, 5.74) is 8.14. The summed E-state index contributed by atoms with van der Waals surface area (Å²) < 4.78 is 5.54. The van der Waals surface area contributed by atoms with E-state index in [2.05, 4.69) is 0 Å². The molecule has 0 saturated carbocycles. The Morgan fingerprint density at radius 3 is 3.00 bits per heavy atom. The lowest BCUT2D eigenvalue weighted by atomic mass is 10.1. The number of carbonyl (C=O) groups excluding carboxylic acids is 1. The Balaban J connectivity index is 2.19. The van der Waals surface area contributed by atoms with Crippen LogP contribution in [0.5, 0.6) is 0 Å². The van der Waals surface area contributed by atoms with Crippen LogP contribution in [-0.2, 0) is 4.74 Å². The molecule has 1 heterocycles. The van der Waals surface area contributed by atoms with Gasteiger partial charge in [-0.3, -0.25) is 4.79 Å². The fraction of sp³-hybridized carbons (Fsp3) is 0.500. The molecule has 4 heteroatoms. The third kappa shape index (κ3) is 2.82. The van der Waals surface area contributed by atoms with E-state index in [4.69, 9.17) is 10.5 Å². The van der Waals surface area contributed by atoms with Gasteiger partial charge in [-0.1, -0.05) is 6.07 Å². The van der Waals surface area contributed by atoms with Crippen LogP contribution in [0.1, 0.15) is 29.3 Å². The van der Waals surface area contributed by atoms with Gasteiger partial charge in [0.25, 0.3) is 5.91 Å². The van der Waals surface area contributed by atoms with Crippen LogP contribution in [-0.4, -0.2) is 36.6 Å². The highest BCUT2D eigenvalue weighted by Gasteiger charge is 2.22. The molecule has 1 aliphatic heterocycles. The van der Waals surface area contributed by atoms with Crippen molar-refractivity contribution in [2.45, 2.75) is 26.4 Å². The molecule has 0 spiro atoms. The summed E-state index contributed by atoms with van der Waals surface area (Å²) in [6.07, 6.45) is 0.963. The maximum absolute atomic E-state index is 12.4. The van der Waals surface area contributed by atoms with Crippen molar-refractivity contribution < 1.29 is 9.53 Å². The molecule has 18 heavy (non-hydrogen) atoms. The second-order valence-corrected chi connectivity index (χ2v) is 4.88. The van der Waals surface area contributed by atoms with E-state index in [-0.39, 0.29) is 12.0 Å². The number of rotatable bonds is 1. The Labute approximate surface area is 108 Å². The lowest BCUT2D eigenvalue weighted by Crippen LogP contribution is -2.36. The van der Waals surface area contributed by atoms with Gasteiger partial charge in [0.2, 0.25) is 0 Å². The first kappa shape index (κ1) is 12.9. The van der Waals surface area contributed by atoms with Crippen LogP contribution in [0.3, 0.4) is 0 Å². The van der Waals surface area contributed by atoms with Crippen molar-refractivity contribution >= 4 is 11.6 Å². The summed E-state index contributed by atoms with van der Waals surface area (Å²) in [6, 6.07) is 5.57. The molecule has 2 N–H and O–H groups in total. The molecule has 98 valence electrons. The minimum atomic E-state index is 0.00449. The Hall–Kier alpha value is -1.55. The zero-order valence-electron chi connectivity index (χ0n) is 11.0. The summed E-state index contributed by atoms with van der Waals surface area (Å²) in [7, 11) is 0. The first-order valence-corrected chi connectivity index (χ1v) is 6.35. The predicted octanol–water partition coefficient (Wildman–Crippen LogP) is 1.83. The van der Waals surface area contributed by atoms with Crippen LogP contribution < -0.4 is 5.73 Å². The maximum Gasteiger partial charge on any atom is 0.256 e. The number of aryl methyl sites for hydroxylation is 1. The quantitative estimate of drug-likeness (QED) is 0.771. The van der Waals surface area contributed by atoms with E-state index in [0.717, 1.165) is 18.5 Å². The van der Waals surface area contributed by atoms with Gasteiger partial charge in [-0.05, 0) is 38.0 Å². The average Bonchev–Trinajstić information content (AvgIpc) is 2.53. The second kappa shape index (κ2) is 5.40. The van der Waals surface area contributed by atoms with Crippen molar-refractivity contribution in [3.05, 3.63) is 29.3 Å². The van der Waals surface area contributed by atoms with Crippen molar-refractivity contribution in [3.8, 4) is 0 Å². The van der Waals surface area contributed by atoms with Crippen LogP contribution in [0.4, 0.5) is 5.69 Å². The molecule has 4 nitrogen and oxygen atoms in total. The molecule has 1 aromatic rings. The van der Waals surface area contributed by atoms with Gasteiger partial charge in [0, 0.05) is 25.4 Å². The van der Waals surface area contributed by atoms with E-state index < -0.39 is 0 Å². The standard InChI is InChI=1S/C14H20N2O2/c1-10-4-5-12(13(15)8-10)14(17)16-6-3-7-18-11(2)9-16/h4-5,8,11H,3,6-7,9,15H2,1-2H3. The lowest BCUT2D eigenvalue weighted by molar-refractivity contribution is 0.0563. The van der Waals surface area contributed by atoms with Gasteiger partial charge in [-0.25, -0.2) is 0 Å². The number of nitrogens with two attached hydrogens (primary N) is 1. The molecule has 1 unspecified atom stereocenters. The molecule has 2 rings (SSSR count). The number of hydrogen-bond donors (Lipinski definition) is 1. The highest BCUT2D eigenvalue weighted by Crippen LogP contribution is 2.17. The highest BCUT2D eigenvalue weighted by molar-refractivity contribution is 5.99. The second-order valence-electron chi connectivity index (χ2n) is 4.88. The number of nitrogens with zero attached hydrogens (tertiary/aromatic N) is 1. The number of amides is 1. The number of anilines is 1. The molecule has 0 bridgehead atoms. The Morgan fingerprint density at radius 2 is 2.28 bits per heavy atom. The van der Waals surface area contributed by atoms with Gasteiger partial charge in [0.1, 0.15) is 0 Å². The van der Waals surface area contributed by atoms with Crippen LogP contribution in [0.2, 0.25) is 0 Å². The van der Waals surface area contributed by atoms with Crippen LogP contribution in [0.25, 0.3) is 0 Å².